The molecule has 0 unspecified atom stereocenters. The Kier molecular flexibility index (Phi) is 7.47. The molecule has 0 aromatic carbocycles. The van der Waals surface area contributed by atoms with Crippen LogP contribution in [-0.2, 0) is 0 Å². The van der Waals surface area contributed by atoms with Gasteiger partial charge in [-0.15, -0.1) is 11.8 Å². The second-order valence-corrected chi connectivity index (χ2v) is 11.3. The van der Waals surface area contributed by atoms with Crippen molar-refractivity contribution in [3.05, 3.63) is 62.8 Å². The molecule has 5 rings (SSSR count). The molecule has 0 atom stereocenters. The summed E-state index contributed by atoms with van der Waals surface area (Å²) in [5.74, 6) is 1.09. The SMILES string of the molecule is CSc1ncccc1C(=O)N[C@H]1CC[C@@H](n2c(=O)c3cc(F)cnc3n(C3CCSCC3)c2=O)CC1. The average molecular weight is 530 g/mol. The molecule has 0 spiro atoms. The van der Waals surface area contributed by atoms with E-state index in [1.165, 1.54) is 22.4 Å². The van der Waals surface area contributed by atoms with E-state index in [2.05, 4.69) is 15.3 Å². The Hall–Kier alpha value is -2.66. The van der Waals surface area contributed by atoms with Gasteiger partial charge in [-0.05, 0) is 74.5 Å². The predicted molar refractivity (Wildman–Crippen MR) is 141 cm³/mol. The highest BCUT2D eigenvalue weighted by Gasteiger charge is 2.30. The van der Waals surface area contributed by atoms with Crippen LogP contribution in [0.2, 0.25) is 0 Å². The highest BCUT2D eigenvalue weighted by molar-refractivity contribution is 7.99. The molecule has 2 aliphatic rings. The van der Waals surface area contributed by atoms with Gasteiger partial charge < -0.3 is 5.32 Å². The van der Waals surface area contributed by atoms with Gasteiger partial charge in [-0.2, -0.15) is 11.8 Å². The minimum absolute atomic E-state index is 0.0588. The third-order valence-corrected chi connectivity index (χ3v) is 8.85. The van der Waals surface area contributed by atoms with Crippen LogP contribution in [0.5, 0.6) is 0 Å². The lowest BCUT2D eigenvalue weighted by atomic mass is 9.90. The lowest BCUT2D eigenvalue weighted by Gasteiger charge is -2.31. The lowest BCUT2D eigenvalue weighted by Crippen LogP contribution is -2.46. The van der Waals surface area contributed by atoms with Crippen LogP contribution in [-0.4, -0.2) is 48.8 Å². The molecule has 36 heavy (non-hydrogen) atoms. The highest BCUT2D eigenvalue weighted by atomic mass is 32.2. The molecule has 1 aliphatic heterocycles. The largest absolute Gasteiger partial charge is 0.349 e. The monoisotopic (exact) mass is 529 g/mol. The number of amides is 1. The van der Waals surface area contributed by atoms with Crippen molar-refractivity contribution < 1.29 is 9.18 Å². The van der Waals surface area contributed by atoms with Crippen molar-refractivity contribution in [2.75, 3.05) is 17.8 Å². The minimum Gasteiger partial charge on any atom is -0.349 e. The maximum atomic E-state index is 14.1. The zero-order chi connectivity index (χ0) is 25.2. The molecule has 0 bridgehead atoms. The fourth-order valence-corrected chi connectivity index (χ4v) is 6.90. The van der Waals surface area contributed by atoms with Gasteiger partial charge in [0.2, 0.25) is 0 Å². The van der Waals surface area contributed by atoms with Gasteiger partial charge in [0.05, 0.1) is 17.1 Å². The van der Waals surface area contributed by atoms with Crippen LogP contribution in [0.25, 0.3) is 11.0 Å². The number of thioether (sulfide) groups is 2. The first kappa shape index (κ1) is 25.0. The van der Waals surface area contributed by atoms with E-state index in [4.69, 9.17) is 0 Å². The Labute approximate surface area is 216 Å². The van der Waals surface area contributed by atoms with E-state index in [1.54, 1.807) is 22.9 Å². The molecule has 11 heteroatoms. The van der Waals surface area contributed by atoms with Crippen molar-refractivity contribution >= 4 is 40.5 Å². The first-order valence-electron chi connectivity index (χ1n) is 12.2. The summed E-state index contributed by atoms with van der Waals surface area (Å²) in [6.45, 7) is 0. The number of nitrogens with one attached hydrogen (secondary N) is 1. The Morgan fingerprint density at radius 1 is 1.08 bits per heavy atom. The molecule has 3 aromatic heterocycles. The summed E-state index contributed by atoms with van der Waals surface area (Å²) in [7, 11) is 0. The smallest absolute Gasteiger partial charge is 0.333 e. The summed E-state index contributed by atoms with van der Waals surface area (Å²) in [4.78, 5) is 48.4. The molecule has 3 aromatic rings. The fourth-order valence-electron chi connectivity index (χ4n) is 5.27. The number of hydrogen-bond acceptors (Lipinski definition) is 7. The first-order valence-corrected chi connectivity index (χ1v) is 14.6. The second-order valence-electron chi connectivity index (χ2n) is 9.24. The normalized spacial score (nSPS) is 20.9. The summed E-state index contributed by atoms with van der Waals surface area (Å²) in [6.07, 6.45) is 8.63. The van der Waals surface area contributed by atoms with Crippen LogP contribution in [0, 0.1) is 5.82 Å². The third kappa shape index (κ3) is 4.82. The second kappa shape index (κ2) is 10.8. The fraction of sp³-hybridized carbons (Fsp3) is 0.480. The molecule has 0 radical (unpaired) electrons. The van der Waals surface area contributed by atoms with Crippen molar-refractivity contribution in [2.45, 2.75) is 61.7 Å². The van der Waals surface area contributed by atoms with Gasteiger partial charge in [0.25, 0.3) is 11.5 Å². The van der Waals surface area contributed by atoms with Crippen molar-refractivity contribution in [3.63, 3.8) is 0 Å². The number of carbonyl (C=O) groups is 1. The van der Waals surface area contributed by atoms with E-state index in [9.17, 15) is 18.8 Å². The molecule has 8 nitrogen and oxygen atoms in total. The number of halogens is 1. The van der Waals surface area contributed by atoms with E-state index in [0.29, 0.717) is 36.3 Å². The van der Waals surface area contributed by atoms with E-state index in [0.717, 1.165) is 30.5 Å². The Bertz CT molecular complexity index is 1390. The molecule has 4 heterocycles. The maximum absolute atomic E-state index is 14.1. The zero-order valence-corrected chi connectivity index (χ0v) is 21.6. The molecule has 190 valence electrons. The predicted octanol–water partition coefficient (Wildman–Crippen LogP) is 3.80. The summed E-state index contributed by atoms with van der Waals surface area (Å²) in [5.41, 5.74) is -0.0469. The number of pyridine rings is 2. The first-order chi connectivity index (χ1) is 17.5. The number of aromatic nitrogens is 4. The van der Waals surface area contributed by atoms with Gasteiger partial charge in [-0.1, -0.05) is 0 Å². The van der Waals surface area contributed by atoms with Gasteiger partial charge in [0, 0.05) is 24.3 Å². The average Bonchev–Trinajstić information content (AvgIpc) is 2.90. The molecule has 1 amide bonds. The molecule has 2 fully saturated rings. The number of carbonyl (C=O) groups excluding carboxylic acids is 1. The number of hydrogen-bond donors (Lipinski definition) is 1. The number of rotatable bonds is 5. The van der Waals surface area contributed by atoms with E-state index >= 15 is 0 Å². The highest BCUT2D eigenvalue weighted by Crippen LogP contribution is 2.30. The van der Waals surface area contributed by atoms with Crippen LogP contribution in [0.4, 0.5) is 4.39 Å². The minimum atomic E-state index is -0.595. The Balaban J connectivity index is 1.41. The van der Waals surface area contributed by atoms with Crippen molar-refractivity contribution in [1.29, 1.82) is 0 Å². The number of nitrogens with zero attached hydrogens (tertiary/aromatic N) is 4. The summed E-state index contributed by atoms with van der Waals surface area (Å²) >= 11 is 3.27. The van der Waals surface area contributed by atoms with Crippen LogP contribution in [0.1, 0.15) is 61.0 Å². The topological polar surface area (TPSA) is 98.9 Å². The van der Waals surface area contributed by atoms with Crippen LogP contribution < -0.4 is 16.6 Å². The quantitative estimate of drug-likeness (QED) is 0.502. The van der Waals surface area contributed by atoms with Crippen molar-refractivity contribution in [1.82, 2.24) is 24.4 Å². The Morgan fingerprint density at radius 2 is 1.81 bits per heavy atom. The standard InChI is InChI=1S/C25H28FN5O3S2/c1-35-23-19(3-2-10-27-23)22(32)29-16-4-6-17(7-5-16)31-24(33)20-13-15(26)14-28-21(20)30(25(31)34)18-8-11-36-12-9-18/h2-3,10,13-14,16-18H,4-9,11-12H2,1H3,(H,29,32)/t16-,17+. The van der Waals surface area contributed by atoms with Gasteiger partial charge in [0.15, 0.2) is 0 Å². The van der Waals surface area contributed by atoms with Gasteiger partial charge in [-0.25, -0.2) is 19.2 Å². The lowest BCUT2D eigenvalue weighted by molar-refractivity contribution is 0.0918. The molecular formula is C25H28FN5O3S2. The van der Waals surface area contributed by atoms with Gasteiger partial charge in [0.1, 0.15) is 16.5 Å². The number of fused-ring (bicyclic) bond motifs is 1. The summed E-state index contributed by atoms with van der Waals surface area (Å²) < 4.78 is 17.0. The Morgan fingerprint density at radius 3 is 2.53 bits per heavy atom. The maximum Gasteiger partial charge on any atom is 0.333 e. The van der Waals surface area contributed by atoms with Crippen LogP contribution in [0.15, 0.2) is 45.2 Å². The third-order valence-electron chi connectivity index (χ3n) is 7.09. The molecular weight excluding hydrogens is 501 g/mol. The van der Waals surface area contributed by atoms with Crippen molar-refractivity contribution in [3.8, 4) is 0 Å². The summed E-state index contributed by atoms with van der Waals surface area (Å²) in [6, 6.07) is 4.26. The van der Waals surface area contributed by atoms with E-state index in [1.807, 2.05) is 18.0 Å². The molecule has 1 aliphatic carbocycles. The molecule has 1 saturated carbocycles. The molecule has 1 saturated heterocycles. The van der Waals surface area contributed by atoms with Crippen LogP contribution >= 0.6 is 23.5 Å². The van der Waals surface area contributed by atoms with Gasteiger partial charge >= 0.3 is 5.69 Å². The van der Waals surface area contributed by atoms with Crippen molar-refractivity contribution in [2.24, 2.45) is 0 Å². The zero-order valence-electron chi connectivity index (χ0n) is 20.0. The summed E-state index contributed by atoms with van der Waals surface area (Å²) in [5, 5.41) is 3.90. The van der Waals surface area contributed by atoms with E-state index < -0.39 is 11.4 Å². The van der Waals surface area contributed by atoms with Gasteiger partial charge in [-0.3, -0.25) is 18.7 Å². The van der Waals surface area contributed by atoms with E-state index in [-0.39, 0.29) is 40.8 Å². The van der Waals surface area contributed by atoms with Crippen LogP contribution in [0.3, 0.4) is 0 Å². The molecule has 1 N–H and O–H groups in total.